The topological polar surface area (TPSA) is 67.5 Å². The first kappa shape index (κ1) is 12.9. The minimum Gasteiger partial charge on any atom is -0.392 e. The van der Waals surface area contributed by atoms with Crippen LogP contribution in [0.5, 0.6) is 5.88 Å². The van der Waals surface area contributed by atoms with Crippen molar-refractivity contribution in [3.63, 3.8) is 0 Å². The van der Waals surface area contributed by atoms with Crippen LogP contribution in [0.4, 0.5) is 4.79 Å². The van der Waals surface area contributed by atoms with Crippen LogP contribution in [0.3, 0.4) is 0 Å². The molecule has 2 rings (SSSR count). The summed E-state index contributed by atoms with van der Waals surface area (Å²) in [5.74, 6) is 0.355. The molecule has 6 nitrogen and oxygen atoms in total. The van der Waals surface area contributed by atoms with Gasteiger partial charge in [0.25, 0.3) is 0 Å². The Bertz CT molecular complexity index is 391. The number of aromatic nitrogens is 2. The highest BCUT2D eigenvalue weighted by Gasteiger charge is 2.36. The standard InChI is InChI=1S/C12H19N3O3/c1-12(2,3)15(9-5-7-17-8-9)11(16)18-10-4-6-13-14-10/h4,6,9H,5,7-8H2,1-3H3,(H,13,14). The fourth-order valence-corrected chi connectivity index (χ4v) is 2.14. The first-order chi connectivity index (χ1) is 8.48. The number of amides is 1. The summed E-state index contributed by atoms with van der Waals surface area (Å²) >= 11 is 0. The van der Waals surface area contributed by atoms with Crippen LogP contribution < -0.4 is 4.74 Å². The molecule has 1 fully saturated rings. The van der Waals surface area contributed by atoms with Crippen molar-refractivity contribution < 1.29 is 14.3 Å². The molecule has 1 saturated heterocycles. The Labute approximate surface area is 106 Å². The van der Waals surface area contributed by atoms with E-state index in [4.69, 9.17) is 9.47 Å². The van der Waals surface area contributed by atoms with Crippen molar-refractivity contribution in [3.8, 4) is 5.88 Å². The van der Waals surface area contributed by atoms with Gasteiger partial charge in [0.1, 0.15) is 0 Å². The van der Waals surface area contributed by atoms with E-state index in [1.165, 1.54) is 0 Å². The Balaban J connectivity index is 2.10. The number of carbonyl (C=O) groups is 1. The molecule has 6 heteroatoms. The van der Waals surface area contributed by atoms with E-state index in [0.717, 1.165) is 6.42 Å². The molecule has 1 aromatic heterocycles. The smallest absolute Gasteiger partial charge is 0.392 e. The van der Waals surface area contributed by atoms with Gasteiger partial charge in [-0.3, -0.25) is 4.90 Å². The highest BCUT2D eigenvalue weighted by atomic mass is 16.6. The van der Waals surface area contributed by atoms with Gasteiger partial charge in [0.15, 0.2) is 0 Å². The van der Waals surface area contributed by atoms with Crippen LogP contribution in [-0.2, 0) is 4.74 Å². The summed E-state index contributed by atoms with van der Waals surface area (Å²) in [6.07, 6.45) is 2.01. The minimum atomic E-state index is -0.373. The van der Waals surface area contributed by atoms with E-state index >= 15 is 0 Å². The zero-order chi connectivity index (χ0) is 13.2. The molecule has 100 valence electrons. The molecule has 1 amide bonds. The maximum absolute atomic E-state index is 12.2. The predicted molar refractivity (Wildman–Crippen MR) is 65.4 cm³/mol. The average Bonchev–Trinajstić information content (AvgIpc) is 2.88. The fraction of sp³-hybridized carbons (Fsp3) is 0.667. The molecular weight excluding hydrogens is 234 g/mol. The summed E-state index contributed by atoms with van der Waals surface area (Å²) in [7, 11) is 0. The van der Waals surface area contributed by atoms with Gasteiger partial charge in [-0.05, 0) is 27.2 Å². The van der Waals surface area contributed by atoms with Crippen LogP contribution in [0.1, 0.15) is 27.2 Å². The zero-order valence-electron chi connectivity index (χ0n) is 11.0. The molecule has 1 aromatic rings. The predicted octanol–water partition coefficient (Wildman–Crippen LogP) is 1.80. The first-order valence-electron chi connectivity index (χ1n) is 6.07. The van der Waals surface area contributed by atoms with Gasteiger partial charge < -0.3 is 9.47 Å². The van der Waals surface area contributed by atoms with Crippen molar-refractivity contribution in [1.29, 1.82) is 0 Å². The second kappa shape index (κ2) is 4.97. The Hall–Kier alpha value is -1.56. The van der Waals surface area contributed by atoms with E-state index in [0.29, 0.717) is 19.1 Å². The van der Waals surface area contributed by atoms with Crippen molar-refractivity contribution in [3.05, 3.63) is 12.3 Å². The lowest BCUT2D eigenvalue weighted by Crippen LogP contribution is -2.53. The monoisotopic (exact) mass is 253 g/mol. The van der Waals surface area contributed by atoms with Crippen molar-refractivity contribution >= 4 is 6.09 Å². The lowest BCUT2D eigenvalue weighted by molar-refractivity contribution is 0.0670. The first-order valence-corrected chi connectivity index (χ1v) is 6.07. The molecule has 0 saturated carbocycles. The largest absolute Gasteiger partial charge is 0.417 e. The Kier molecular flexibility index (Phi) is 3.56. The summed E-state index contributed by atoms with van der Waals surface area (Å²) in [6, 6.07) is 1.68. The summed E-state index contributed by atoms with van der Waals surface area (Å²) in [4.78, 5) is 14.0. The summed E-state index contributed by atoms with van der Waals surface area (Å²) < 4.78 is 10.6. The molecule has 0 aliphatic carbocycles. The lowest BCUT2D eigenvalue weighted by Gasteiger charge is -2.38. The number of hydrogen-bond acceptors (Lipinski definition) is 4. The number of nitrogens with one attached hydrogen (secondary N) is 1. The van der Waals surface area contributed by atoms with Crippen LogP contribution in [0, 0.1) is 0 Å². The van der Waals surface area contributed by atoms with E-state index < -0.39 is 0 Å². The van der Waals surface area contributed by atoms with Gasteiger partial charge in [0.05, 0.1) is 18.8 Å². The Morgan fingerprint density at radius 2 is 2.39 bits per heavy atom. The van der Waals surface area contributed by atoms with Crippen LogP contribution >= 0.6 is 0 Å². The minimum absolute atomic E-state index is 0.0698. The summed E-state index contributed by atoms with van der Waals surface area (Å²) in [6.45, 7) is 7.21. The normalized spacial score (nSPS) is 19.8. The number of nitrogens with zero attached hydrogens (tertiary/aromatic N) is 2. The third kappa shape index (κ3) is 2.81. The van der Waals surface area contributed by atoms with E-state index in [1.54, 1.807) is 17.2 Å². The highest BCUT2D eigenvalue weighted by Crippen LogP contribution is 2.24. The Morgan fingerprint density at radius 1 is 1.61 bits per heavy atom. The van der Waals surface area contributed by atoms with E-state index in [9.17, 15) is 4.79 Å². The molecule has 1 atom stereocenters. The molecule has 1 aliphatic heterocycles. The van der Waals surface area contributed by atoms with Crippen LogP contribution in [0.2, 0.25) is 0 Å². The molecule has 0 radical (unpaired) electrons. The zero-order valence-corrected chi connectivity index (χ0v) is 11.0. The molecular formula is C12H19N3O3. The van der Waals surface area contributed by atoms with Crippen molar-refractivity contribution in [2.24, 2.45) is 0 Å². The van der Waals surface area contributed by atoms with Gasteiger partial charge in [0, 0.05) is 18.2 Å². The number of rotatable bonds is 2. The fourth-order valence-electron chi connectivity index (χ4n) is 2.14. The molecule has 1 N–H and O–H groups in total. The molecule has 0 aromatic carbocycles. The third-order valence-electron chi connectivity index (χ3n) is 2.86. The lowest BCUT2D eigenvalue weighted by atomic mass is 10.0. The summed E-state index contributed by atoms with van der Waals surface area (Å²) in [5.41, 5.74) is -0.310. The molecule has 1 aliphatic rings. The number of ether oxygens (including phenoxy) is 2. The van der Waals surface area contributed by atoms with Crippen molar-refractivity contribution in [2.45, 2.75) is 38.8 Å². The van der Waals surface area contributed by atoms with Gasteiger partial charge in [-0.25, -0.2) is 9.89 Å². The van der Waals surface area contributed by atoms with E-state index in [-0.39, 0.29) is 17.7 Å². The Morgan fingerprint density at radius 3 is 2.89 bits per heavy atom. The molecule has 2 heterocycles. The maximum Gasteiger partial charge on any atom is 0.417 e. The van der Waals surface area contributed by atoms with Gasteiger partial charge in [0.2, 0.25) is 5.88 Å². The van der Waals surface area contributed by atoms with Crippen LogP contribution in [0.15, 0.2) is 12.3 Å². The van der Waals surface area contributed by atoms with Crippen LogP contribution in [0.25, 0.3) is 0 Å². The van der Waals surface area contributed by atoms with Gasteiger partial charge >= 0.3 is 6.09 Å². The second-order valence-electron chi connectivity index (χ2n) is 5.35. The third-order valence-corrected chi connectivity index (χ3v) is 2.86. The van der Waals surface area contributed by atoms with Gasteiger partial charge in [-0.1, -0.05) is 0 Å². The number of carbonyl (C=O) groups excluding carboxylic acids is 1. The highest BCUT2D eigenvalue weighted by molar-refractivity contribution is 5.71. The van der Waals surface area contributed by atoms with E-state index in [1.807, 2.05) is 20.8 Å². The number of H-pyrrole nitrogens is 1. The van der Waals surface area contributed by atoms with E-state index in [2.05, 4.69) is 10.2 Å². The average molecular weight is 253 g/mol. The maximum atomic E-state index is 12.2. The van der Waals surface area contributed by atoms with Gasteiger partial charge in [-0.15, -0.1) is 0 Å². The number of hydrogen-bond donors (Lipinski definition) is 1. The molecule has 1 unspecified atom stereocenters. The summed E-state index contributed by atoms with van der Waals surface area (Å²) in [5, 5.41) is 6.36. The van der Waals surface area contributed by atoms with Crippen molar-refractivity contribution in [2.75, 3.05) is 13.2 Å². The van der Waals surface area contributed by atoms with Crippen LogP contribution in [-0.4, -0.2) is 46.0 Å². The molecule has 18 heavy (non-hydrogen) atoms. The van der Waals surface area contributed by atoms with Gasteiger partial charge in [-0.2, -0.15) is 5.10 Å². The molecule has 0 spiro atoms. The molecule has 0 bridgehead atoms. The second-order valence-corrected chi connectivity index (χ2v) is 5.35. The van der Waals surface area contributed by atoms with Crippen molar-refractivity contribution in [1.82, 2.24) is 15.1 Å². The SMILES string of the molecule is CC(C)(C)N(C(=O)Oc1ccn[nH]1)C1CCOC1. The number of aromatic amines is 1. The quantitative estimate of drug-likeness (QED) is 0.872.